The van der Waals surface area contributed by atoms with E-state index in [4.69, 9.17) is 22.1 Å². The number of aliphatic carboxylic acids is 1. The van der Waals surface area contributed by atoms with Gasteiger partial charge in [0.15, 0.2) is 5.13 Å². The zero-order valence-corrected chi connectivity index (χ0v) is 20.3. The van der Waals surface area contributed by atoms with Crippen molar-refractivity contribution in [3.63, 3.8) is 0 Å². The van der Waals surface area contributed by atoms with Crippen LogP contribution in [0.4, 0.5) is 5.13 Å². The number of hydrogen-bond acceptors (Lipinski definition) is 9. The summed E-state index contributed by atoms with van der Waals surface area (Å²) in [6.07, 6.45) is 0. The number of fused-ring (bicyclic) bond motifs is 1. The summed E-state index contributed by atoms with van der Waals surface area (Å²) in [6.45, 7) is 0.986. The fourth-order valence-corrected chi connectivity index (χ4v) is 4.94. The topological polar surface area (TPSA) is 152 Å². The molecule has 10 nitrogen and oxygen atoms in total. The minimum atomic E-state index is -1.31. The molecule has 0 bridgehead atoms. The number of thiazole rings is 1. The van der Waals surface area contributed by atoms with E-state index in [2.05, 4.69) is 10.3 Å². The van der Waals surface area contributed by atoms with Crippen molar-refractivity contribution in [3.05, 3.63) is 27.9 Å². The number of esters is 1. The first-order valence-electron chi connectivity index (χ1n) is 8.10. The van der Waals surface area contributed by atoms with Crippen LogP contribution in [-0.2, 0) is 23.9 Å². The number of aromatic nitrogens is 1. The van der Waals surface area contributed by atoms with Gasteiger partial charge in [0.1, 0.15) is 23.7 Å². The van der Waals surface area contributed by atoms with Crippen molar-refractivity contribution in [3.8, 4) is 0 Å². The zero-order chi connectivity index (χ0) is 21.3. The van der Waals surface area contributed by atoms with E-state index in [0.29, 0.717) is 5.57 Å². The molecule has 0 radical (unpaired) electrons. The summed E-state index contributed by atoms with van der Waals surface area (Å²) in [5.74, 6) is -2.85. The number of carbonyl (C=O) groups excluding carboxylic acids is 3. The van der Waals surface area contributed by atoms with Gasteiger partial charge in [-0.05, 0) is 0 Å². The van der Waals surface area contributed by atoms with Gasteiger partial charge >= 0.3 is 41.5 Å². The Morgan fingerprint density at radius 2 is 2.23 bits per heavy atom. The first kappa shape index (κ1) is 24.7. The van der Waals surface area contributed by atoms with Gasteiger partial charge in [-0.3, -0.25) is 19.3 Å². The van der Waals surface area contributed by atoms with Gasteiger partial charge in [0.25, 0.3) is 11.8 Å². The fraction of sp³-hybridized carbons (Fsp3) is 0.312. The molecule has 2 amide bonds. The maximum absolute atomic E-state index is 12.6. The van der Waals surface area contributed by atoms with Crippen molar-refractivity contribution < 1.29 is 60.0 Å². The van der Waals surface area contributed by atoms with Crippen molar-refractivity contribution >= 4 is 69.2 Å². The second-order valence-electron chi connectivity index (χ2n) is 5.99. The molecule has 1 saturated heterocycles. The molecule has 14 heteroatoms. The maximum Gasteiger partial charge on any atom is 1.00 e. The Hall–Kier alpha value is -1.57. The van der Waals surface area contributed by atoms with E-state index in [0.717, 1.165) is 21.8 Å². The first-order valence-corrected chi connectivity index (χ1v) is 10.5. The first-order chi connectivity index (χ1) is 13.7. The number of anilines is 1. The van der Waals surface area contributed by atoms with Crippen molar-refractivity contribution in [1.29, 1.82) is 0 Å². The van der Waals surface area contributed by atoms with Crippen LogP contribution in [0.5, 0.6) is 0 Å². The third kappa shape index (κ3) is 4.84. The van der Waals surface area contributed by atoms with Crippen LogP contribution >= 0.6 is 34.7 Å². The predicted molar refractivity (Wildman–Crippen MR) is 108 cm³/mol. The third-order valence-corrected chi connectivity index (χ3v) is 6.37. The average Bonchev–Trinajstić information content (AvgIpc) is 3.09. The molecular weight excluding hydrogens is 467 g/mol. The van der Waals surface area contributed by atoms with E-state index >= 15 is 0 Å². The third-order valence-electron chi connectivity index (χ3n) is 4.14. The summed E-state index contributed by atoms with van der Waals surface area (Å²) >= 11 is 8.14. The monoisotopic (exact) mass is 482 g/mol. The van der Waals surface area contributed by atoms with Crippen molar-refractivity contribution in [2.45, 2.75) is 18.3 Å². The van der Waals surface area contributed by atoms with Gasteiger partial charge in [-0.1, -0.05) is 11.6 Å². The number of rotatable bonds is 6. The number of ether oxygens (including phenoxy) is 1. The summed E-state index contributed by atoms with van der Waals surface area (Å²) in [5.41, 5.74) is 7.00. The molecular formula is C16H16ClN4NaO6S2. The van der Waals surface area contributed by atoms with Crippen LogP contribution < -0.4 is 40.6 Å². The SMILES string of the molecule is CC(=O)OCC1=C(C(=O)O)N2C(=O)C(NC(=O)/C(=C/Cl)c3csc(N)n3)[C@H]2SC1.[H-].[Na+]. The number of nitrogen functional groups attached to an aromatic ring is 1. The van der Waals surface area contributed by atoms with Crippen molar-refractivity contribution in [1.82, 2.24) is 15.2 Å². The molecule has 2 atom stereocenters. The van der Waals surface area contributed by atoms with E-state index in [9.17, 15) is 24.3 Å². The molecule has 0 aromatic carbocycles. The van der Waals surface area contributed by atoms with Gasteiger partial charge in [0, 0.05) is 29.2 Å². The molecule has 2 aliphatic rings. The molecule has 4 N–H and O–H groups in total. The van der Waals surface area contributed by atoms with E-state index < -0.39 is 35.2 Å². The standard InChI is InChI=1S/C16H15ClN4O6S2.Na.H/c1-6(22)27-3-7-4-28-14-10(13(24)21(14)11(7)15(25)26)20-12(23)8(2-17)9-5-29-16(18)19-9;;/h2,5,10,14H,3-4H2,1H3,(H2,18,19)(H,20,23)(H,25,26);;/q;+1;-1/b8-2+;;/t10?,14-;;/m1../s1. The number of nitrogens with zero attached hydrogens (tertiary/aromatic N) is 2. The average molecular weight is 483 g/mol. The summed E-state index contributed by atoms with van der Waals surface area (Å²) < 4.78 is 4.87. The number of halogens is 1. The number of carboxylic acids is 1. The van der Waals surface area contributed by atoms with Crippen LogP contribution in [0.3, 0.4) is 0 Å². The number of thioether (sulfide) groups is 1. The normalized spacial score (nSPS) is 20.7. The molecule has 1 fully saturated rings. The predicted octanol–water partition coefficient (Wildman–Crippen LogP) is -2.28. The molecule has 1 unspecified atom stereocenters. The number of amides is 2. The summed E-state index contributed by atoms with van der Waals surface area (Å²) in [5, 5.41) is 13.3. The molecule has 0 aliphatic carbocycles. The van der Waals surface area contributed by atoms with E-state index in [-0.39, 0.29) is 65.4 Å². The quantitative estimate of drug-likeness (QED) is 0.176. The Labute approximate surface area is 207 Å². The number of nitrogens with one attached hydrogen (secondary N) is 1. The number of carboxylic acid groups (broad SMARTS) is 1. The number of β-lactam (4-membered cyclic amide) rings is 1. The van der Waals surface area contributed by atoms with Crippen LogP contribution in [0.1, 0.15) is 14.0 Å². The van der Waals surface area contributed by atoms with Crippen molar-refractivity contribution in [2.24, 2.45) is 0 Å². The Kier molecular flexibility index (Phi) is 8.36. The summed E-state index contributed by atoms with van der Waals surface area (Å²) in [7, 11) is 0. The molecule has 3 rings (SSSR count). The summed E-state index contributed by atoms with van der Waals surface area (Å²) in [4.78, 5) is 52.9. The molecule has 0 spiro atoms. The second-order valence-corrected chi connectivity index (χ2v) is 8.21. The minimum Gasteiger partial charge on any atom is -1.00 e. The minimum absolute atomic E-state index is 0. The maximum atomic E-state index is 12.6. The fourth-order valence-electron chi connectivity index (χ4n) is 2.84. The van der Waals surface area contributed by atoms with Gasteiger partial charge in [-0.15, -0.1) is 23.1 Å². The van der Waals surface area contributed by atoms with Crippen LogP contribution in [0.2, 0.25) is 0 Å². The van der Waals surface area contributed by atoms with E-state index in [1.807, 2.05) is 0 Å². The van der Waals surface area contributed by atoms with Crippen LogP contribution in [0.15, 0.2) is 22.2 Å². The molecule has 156 valence electrons. The molecule has 0 saturated carbocycles. The summed E-state index contributed by atoms with van der Waals surface area (Å²) in [6, 6.07) is -0.931. The van der Waals surface area contributed by atoms with E-state index in [1.54, 1.807) is 5.38 Å². The van der Waals surface area contributed by atoms with Gasteiger partial charge in [0.05, 0.1) is 11.3 Å². The number of nitrogens with two attached hydrogens (primary N) is 1. The molecule has 1 aromatic heterocycles. The van der Waals surface area contributed by atoms with Gasteiger partial charge in [0.2, 0.25) is 0 Å². The van der Waals surface area contributed by atoms with Crippen LogP contribution in [0, 0.1) is 0 Å². The largest absolute Gasteiger partial charge is 1.00 e. The van der Waals surface area contributed by atoms with E-state index in [1.165, 1.54) is 18.7 Å². The van der Waals surface area contributed by atoms with Gasteiger partial charge in [-0.2, -0.15) is 0 Å². The number of hydrogen-bond donors (Lipinski definition) is 3. The zero-order valence-electron chi connectivity index (χ0n) is 16.9. The smallest absolute Gasteiger partial charge is 1.00 e. The Balaban J connectivity index is 0.00000240. The number of carbonyl (C=O) groups is 4. The van der Waals surface area contributed by atoms with Crippen LogP contribution in [0.25, 0.3) is 5.57 Å². The molecule has 30 heavy (non-hydrogen) atoms. The van der Waals surface area contributed by atoms with Crippen LogP contribution in [-0.4, -0.2) is 62.5 Å². The van der Waals surface area contributed by atoms with Crippen molar-refractivity contribution in [2.75, 3.05) is 18.1 Å². The van der Waals surface area contributed by atoms with Gasteiger partial charge in [-0.25, -0.2) is 9.78 Å². The van der Waals surface area contributed by atoms with Gasteiger partial charge < -0.3 is 22.3 Å². The Bertz CT molecular complexity index is 972. The Morgan fingerprint density at radius 3 is 2.77 bits per heavy atom. The molecule has 2 aliphatic heterocycles. The second kappa shape index (κ2) is 10.2. The Morgan fingerprint density at radius 1 is 1.53 bits per heavy atom. The molecule has 1 aromatic rings. The molecule has 3 heterocycles.